The fraction of sp³-hybridized carbons (Fsp3) is 0. The summed E-state index contributed by atoms with van der Waals surface area (Å²) in [6, 6.07) is 9.99. The van der Waals surface area contributed by atoms with Crippen molar-refractivity contribution < 1.29 is 13.6 Å². The Morgan fingerprint density at radius 3 is 2.39 bits per heavy atom. The third-order valence-corrected chi connectivity index (χ3v) is 3.99. The predicted octanol–water partition coefficient (Wildman–Crippen LogP) is 4.39. The summed E-state index contributed by atoms with van der Waals surface area (Å²) in [5.74, 6) is -2.40. The lowest BCUT2D eigenvalue weighted by Crippen LogP contribution is -2.14. The minimum absolute atomic E-state index is 0.148. The van der Waals surface area contributed by atoms with Crippen molar-refractivity contribution in [3.05, 3.63) is 64.0 Å². The molecule has 0 saturated carbocycles. The van der Waals surface area contributed by atoms with Crippen molar-refractivity contribution >= 4 is 34.7 Å². The van der Waals surface area contributed by atoms with Crippen LogP contribution in [0.2, 0.25) is 5.02 Å². The molecule has 0 spiro atoms. The first-order valence-corrected chi connectivity index (χ1v) is 7.55. The Bertz CT molecular complexity index is 847. The highest BCUT2D eigenvalue weighted by molar-refractivity contribution is 7.08. The molecule has 0 atom stereocenters. The van der Waals surface area contributed by atoms with E-state index in [1.165, 1.54) is 6.07 Å². The van der Waals surface area contributed by atoms with Gasteiger partial charge in [-0.25, -0.2) is 8.78 Å². The van der Waals surface area contributed by atoms with E-state index in [9.17, 15) is 13.6 Å². The zero-order chi connectivity index (χ0) is 16.4. The van der Waals surface area contributed by atoms with Crippen molar-refractivity contribution in [1.82, 2.24) is 9.59 Å². The lowest BCUT2D eigenvalue weighted by Gasteiger charge is -2.07. The maximum Gasteiger partial charge on any atom is 0.269 e. The van der Waals surface area contributed by atoms with Gasteiger partial charge in [0.2, 0.25) is 0 Å². The number of benzene rings is 2. The number of nitrogens with one attached hydrogen (secondary N) is 1. The molecule has 0 aliphatic rings. The Morgan fingerprint density at radius 1 is 1.09 bits per heavy atom. The molecule has 4 nitrogen and oxygen atoms in total. The maximum atomic E-state index is 13.6. The van der Waals surface area contributed by atoms with Crippen molar-refractivity contribution in [1.29, 1.82) is 0 Å². The first-order chi connectivity index (χ1) is 11.1. The summed E-state index contributed by atoms with van der Waals surface area (Å²) in [7, 11) is 0. The normalized spacial score (nSPS) is 10.6. The quantitative estimate of drug-likeness (QED) is 0.761. The molecule has 116 valence electrons. The van der Waals surface area contributed by atoms with E-state index < -0.39 is 23.2 Å². The second-order valence-electron chi connectivity index (χ2n) is 4.51. The number of carbonyl (C=O) groups excluding carboxylic acids is 1. The topological polar surface area (TPSA) is 54.9 Å². The Balaban J connectivity index is 1.92. The van der Waals surface area contributed by atoms with Gasteiger partial charge in [-0.3, -0.25) is 4.79 Å². The van der Waals surface area contributed by atoms with Gasteiger partial charge in [0.1, 0.15) is 27.9 Å². The van der Waals surface area contributed by atoms with Crippen LogP contribution < -0.4 is 5.32 Å². The summed E-state index contributed by atoms with van der Waals surface area (Å²) < 4.78 is 31.0. The molecule has 1 heterocycles. The molecular weight excluding hydrogens is 344 g/mol. The number of halogens is 3. The van der Waals surface area contributed by atoms with Crippen LogP contribution in [0, 0.1) is 11.6 Å². The molecule has 1 N–H and O–H groups in total. The Morgan fingerprint density at radius 2 is 1.74 bits per heavy atom. The molecule has 1 aromatic heterocycles. The highest BCUT2D eigenvalue weighted by atomic mass is 35.5. The van der Waals surface area contributed by atoms with Crippen molar-refractivity contribution in [2.75, 3.05) is 5.32 Å². The second kappa shape index (κ2) is 6.39. The monoisotopic (exact) mass is 351 g/mol. The summed E-state index contributed by atoms with van der Waals surface area (Å²) in [6.45, 7) is 0. The minimum Gasteiger partial charge on any atom is -0.316 e. The van der Waals surface area contributed by atoms with Gasteiger partial charge in [0.05, 0.1) is 0 Å². The standard InChI is InChI=1S/C15H8ClF2N3OS/c16-9-6-4-8(5-7-9)12-14(23-21-20-12)15(22)19-13-10(17)2-1-3-11(13)18/h1-7H,(H,19,22). The third kappa shape index (κ3) is 3.20. The number of carbonyl (C=O) groups is 1. The molecule has 1 amide bonds. The minimum atomic E-state index is -0.858. The number of para-hydroxylation sites is 1. The molecular formula is C15H8ClF2N3OS. The smallest absolute Gasteiger partial charge is 0.269 e. The largest absolute Gasteiger partial charge is 0.316 e. The third-order valence-electron chi connectivity index (χ3n) is 3.01. The molecule has 0 fully saturated rings. The van der Waals surface area contributed by atoms with Crippen molar-refractivity contribution in [2.24, 2.45) is 0 Å². The zero-order valence-corrected chi connectivity index (χ0v) is 13.0. The summed E-state index contributed by atoms with van der Waals surface area (Å²) in [5, 5.41) is 6.66. The molecule has 0 aliphatic carbocycles. The molecule has 0 aliphatic heterocycles. The lowest BCUT2D eigenvalue weighted by atomic mass is 10.1. The highest BCUT2D eigenvalue weighted by Crippen LogP contribution is 2.27. The van der Waals surface area contributed by atoms with E-state index in [0.29, 0.717) is 16.3 Å². The predicted molar refractivity (Wildman–Crippen MR) is 84.7 cm³/mol. The van der Waals surface area contributed by atoms with Crippen LogP contribution in [-0.4, -0.2) is 15.5 Å². The van der Waals surface area contributed by atoms with E-state index >= 15 is 0 Å². The van der Waals surface area contributed by atoms with Gasteiger partial charge in [-0.1, -0.05) is 34.3 Å². The summed E-state index contributed by atoms with van der Waals surface area (Å²) in [6.07, 6.45) is 0. The Kier molecular flexibility index (Phi) is 4.31. The van der Waals surface area contributed by atoms with Gasteiger partial charge < -0.3 is 5.32 Å². The van der Waals surface area contributed by atoms with E-state index in [0.717, 1.165) is 23.7 Å². The number of nitrogens with zero attached hydrogens (tertiary/aromatic N) is 2. The molecule has 0 bridgehead atoms. The fourth-order valence-electron chi connectivity index (χ4n) is 1.92. The second-order valence-corrected chi connectivity index (χ2v) is 5.70. The fourth-order valence-corrected chi connectivity index (χ4v) is 2.63. The first-order valence-electron chi connectivity index (χ1n) is 6.40. The number of aromatic nitrogens is 2. The summed E-state index contributed by atoms with van der Waals surface area (Å²) in [5.41, 5.74) is 0.441. The molecule has 8 heteroatoms. The van der Waals surface area contributed by atoms with E-state index in [1.54, 1.807) is 24.3 Å². The van der Waals surface area contributed by atoms with Gasteiger partial charge in [0.15, 0.2) is 0 Å². The number of hydrogen-bond acceptors (Lipinski definition) is 4. The van der Waals surface area contributed by atoms with Crippen LogP contribution in [0.1, 0.15) is 9.67 Å². The maximum absolute atomic E-state index is 13.6. The van der Waals surface area contributed by atoms with Crippen molar-refractivity contribution in [3.8, 4) is 11.3 Å². The number of amides is 1. The van der Waals surface area contributed by atoms with Crippen molar-refractivity contribution in [2.45, 2.75) is 0 Å². The average Bonchev–Trinajstić information content (AvgIpc) is 3.01. The number of rotatable bonds is 3. The van der Waals surface area contributed by atoms with E-state index in [1.807, 2.05) is 0 Å². The van der Waals surface area contributed by atoms with E-state index in [-0.39, 0.29) is 4.88 Å². The Hall–Kier alpha value is -2.38. The van der Waals surface area contributed by atoms with Crippen LogP contribution in [0.4, 0.5) is 14.5 Å². The van der Waals surface area contributed by atoms with Gasteiger partial charge in [0, 0.05) is 10.6 Å². The van der Waals surface area contributed by atoms with Crippen LogP contribution in [0.25, 0.3) is 11.3 Å². The molecule has 0 unspecified atom stereocenters. The van der Waals surface area contributed by atoms with Crippen LogP contribution in [-0.2, 0) is 0 Å². The molecule has 0 saturated heterocycles. The molecule has 23 heavy (non-hydrogen) atoms. The SMILES string of the molecule is O=C(Nc1c(F)cccc1F)c1snnc1-c1ccc(Cl)cc1. The summed E-state index contributed by atoms with van der Waals surface area (Å²) >= 11 is 6.66. The van der Waals surface area contributed by atoms with Gasteiger partial charge >= 0.3 is 0 Å². The van der Waals surface area contributed by atoms with Crippen LogP contribution in [0.3, 0.4) is 0 Å². The average molecular weight is 352 g/mol. The highest BCUT2D eigenvalue weighted by Gasteiger charge is 2.20. The van der Waals surface area contributed by atoms with Gasteiger partial charge in [0.25, 0.3) is 5.91 Å². The van der Waals surface area contributed by atoms with Gasteiger partial charge in [-0.05, 0) is 35.8 Å². The van der Waals surface area contributed by atoms with E-state index in [4.69, 9.17) is 11.6 Å². The molecule has 3 aromatic rings. The van der Waals surface area contributed by atoms with Crippen LogP contribution in [0.5, 0.6) is 0 Å². The molecule has 3 rings (SSSR count). The first kappa shape index (κ1) is 15.5. The van der Waals surface area contributed by atoms with Crippen molar-refractivity contribution in [3.63, 3.8) is 0 Å². The van der Waals surface area contributed by atoms with Gasteiger partial charge in [-0.2, -0.15) is 0 Å². The van der Waals surface area contributed by atoms with Crippen LogP contribution in [0.15, 0.2) is 42.5 Å². The number of hydrogen-bond donors (Lipinski definition) is 1. The lowest BCUT2D eigenvalue weighted by molar-refractivity contribution is 0.103. The van der Waals surface area contributed by atoms with Crippen LogP contribution >= 0.6 is 23.1 Å². The molecule has 2 aromatic carbocycles. The summed E-state index contributed by atoms with van der Waals surface area (Å²) in [4.78, 5) is 12.4. The van der Waals surface area contributed by atoms with E-state index in [2.05, 4.69) is 14.9 Å². The molecule has 0 radical (unpaired) electrons. The number of anilines is 1. The zero-order valence-electron chi connectivity index (χ0n) is 11.4. The Labute approximate surface area is 138 Å². The van der Waals surface area contributed by atoms with Gasteiger partial charge in [-0.15, -0.1) is 5.10 Å².